The molecule has 0 saturated heterocycles. The number of nitrogens with two attached hydrogens (primary N) is 1. The van der Waals surface area contributed by atoms with Gasteiger partial charge in [0.2, 0.25) is 11.1 Å². The van der Waals surface area contributed by atoms with Crippen LogP contribution in [0.5, 0.6) is 5.75 Å². The number of nitrogen functional groups attached to an aromatic ring is 1. The molecule has 0 radical (unpaired) electrons. The van der Waals surface area contributed by atoms with Crippen molar-refractivity contribution in [1.82, 2.24) is 14.9 Å². The van der Waals surface area contributed by atoms with Crippen LogP contribution in [0.15, 0.2) is 41.6 Å². The SMILES string of the molecule is Cc1ccc(OCc2nnc(SCC(=O)Nc3ccc4c(c3)CCC4)n2N)c(C)c1. The molecule has 1 heterocycles. The number of aromatic nitrogens is 3. The summed E-state index contributed by atoms with van der Waals surface area (Å²) in [5, 5.41) is 11.6. The van der Waals surface area contributed by atoms with Crippen LogP contribution in [0.1, 0.15) is 34.5 Å². The normalized spacial score (nSPS) is 12.6. The summed E-state index contributed by atoms with van der Waals surface area (Å²) in [5.74, 6) is 7.47. The highest BCUT2D eigenvalue weighted by molar-refractivity contribution is 7.99. The standard InChI is InChI=1S/C22H25N5O2S/c1-14-6-9-19(15(2)10-14)29-12-20-25-26-22(27(20)23)30-13-21(28)24-18-8-7-16-4-3-5-17(16)11-18/h6-11H,3-5,12-13,23H2,1-2H3,(H,24,28). The minimum absolute atomic E-state index is 0.103. The van der Waals surface area contributed by atoms with Gasteiger partial charge in [0.25, 0.3) is 0 Å². The average Bonchev–Trinajstić information content (AvgIpc) is 3.32. The number of amides is 1. The molecule has 0 saturated carbocycles. The van der Waals surface area contributed by atoms with Gasteiger partial charge in [0.15, 0.2) is 5.82 Å². The van der Waals surface area contributed by atoms with Crippen molar-refractivity contribution in [2.45, 2.75) is 44.9 Å². The molecule has 1 amide bonds. The van der Waals surface area contributed by atoms with E-state index in [0.29, 0.717) is 11.0 Å². The summed E-state index contributed by atoms with van der Waals surface area (Å²) in [6, 6.07) is 12.1. The van der Waals surface area contributed by atoms with Crippen LogP contribution in [0.3, 0.4) is 0 Å². The van der Waals surface area contributed by atoms with Crippen molar-refractivity contribution in [2.24, 2.45) is 0 Å². The number of ether oxygens (including phenoxy) is 1. The molecule has 7 nitrogen and oxygen atoms in total. The Morgan fingerprint density at radius 2 is 2.00 bits per heavy atom. The topological polar surface area (TPSA) is 95.1 Å². The van der Waals surface area contributed by atoms with E-state index in [1.807, 2.05) is 32.0 Å². The van der Waals surface area contributed by atoms with Crippen molar-refractivity contribution in [3.05, 3.63) is 64.5 Å². The quantitative estimate of drug-likeness (QED) is 0.447. The number of fused-ring (bicyclic) bond motifs is 1. The van der Waals surface area contributed by atoms with Gasteiger partial charge in [-0.2, -0.15) is 0 Å². The number of carbonyl (C=O) groups excluding carboxylic acids is 1. The maximum absolute atomic E-state index is 12.3. The van der Waals surface area contributed by atoms with Crippen LogP contribution in [-0.2, 0) is 24.2 Å². The van der Waals surface area contributed by atoms with Crippen molar-refractivity contribution in [3.63, 3.8) is 0 Å². The van der Waals surface area contributed by atoms with Gasteiger partial charge in [0, 0.05) is 5.69 Å². The lowest BCUT2D eigenvalue weighted by Gasteiger charge is -2.09. The highest BCUT2D eigenvalue weighted by Gasteiger charge is 2.15. The maximum atomic E-state index is 12.3. The van der Waals surface area contributed by atoms with Crippen molar-refractivity contribution in [3.8, 4) is 5.75 Å². The molecule has 30 heavy (non-hydrogen) atoms. The molecule has 0 atom stereocenters. The van der Waals surface area contributed by atoms with Gasteiger partial charge in [0.1, 0.15) is 12.4 Å². The molecule has 0 spiro atoms. The van der Waals surface area contributed by atoms with Crippen molar-refractivity contribution >= 4 is 23.4 Å². The third kappa shape index (κ3) is 4.59. The minimum Gasteiger partial charge on any atom is -0.485 e. The summed E-state index contributed by atoms with van der Waals surface area (Å²) in [6.07, 6.45) is 3.39. The Labute approximate surface area is 180 Å². The molecule has 1 aromatic heterocycles. The van der Waals surface area contributed by atoms with Crippen LogP contribution in [0, 0.1) is 13.8 Å². The van der Waals surface area contributed by atoms with Gasteiger partial charge in [-0.25, -0.2) is 4.68 Å². The smallest absolute Gasteiger partial charge is 0.234 e. The zero-order valence-electron chi connectivity index (χ0n) is 17.1. The van der Waals surface area contributed by atoms with E-state index in [1.54, 1.807) is 0 Å². The maximum Gasteiger partial charge on any atom is 0.234 e. The van der Waals surface area contributed by atoms with Gasteiger partial charge in [-0.1, -0.05) is 35.5 Å². The van der Waals surface area contributed by atoms with E-state index in [2.05, 4.69) is 33.7 Å². The molecule has 4 rings (SSSR count). The largest absolute Gasteiger partial charge is 0.485 e. The number of carbonyl (C=O) groups is 1. The fraction of sp³-hybridized carbons (Fsp3) is 0.318. The van der Waals surface area contributed by atoms with E-state index in [9.17, 15) is 4.79 Å². The third-order valence-corrected chi connectivity index (χ3v) is 6.08. The van der Waals surface area contributed by atoms with E-state index < -0.39 is 0 Å². The first-order valence-electron chi connectivity index (χ1n) is 9.93. The molecule has 8 heteroatoms. The van der Waals surface area contributed by atoms with E-state index in [0.717, 1.165) is 29.8 Å². The molecule has 0 aliphatic heterocycles. The summed E-state index contributed by atoms with van der Waals surface area (Å²) in [5.41, 5.74) is 5.78. The highest BCUT2D eigenvalue weighted by atomic mass is 32.2. The number of hydrogen-bond acceptors (Lipinski definition) is 6. The van der Waals surface area contributed by atoms with Gasteiger partial charge in [0.05, 0.1) is 5.75 Å². The zero-order chi connectivity index (χ0) is 21.1. The van der Waals surface area contributed by atoms with E-state index in [-0.39, 0.29) is 18.3 Å². The molecule has 3 N–H and O–H groups in total. The van der Waals surface area contributed by atoms with Gasteiger partial charge in [-0.3, -0.25) is 4.79 Å². The number of hydrogen-bond donors (Lipinski definition) is 2. The molecule has 0 bridgehead atoms. The number of aryl methyl sites for hydroxylation is 4. The molecular weight excluding hydrogens is 398 g/mol. The third-order valence-electron chi connectivity index (χ3n) is 5.14. The Morgan fingerprint density at radius 1 is 1.17 bits per heavy atom. The summed E-state index contributed by atoms with van der Waals surface area (Å²) in [4.78, 5) is 12.3. The molecule has 2 aromatic carbocycles. The number of benzene rings is 2. The van der Waals surface area contributed by atoms with Crippen molar-refractivity contribution in [2.75, 3.05) is 16.9 Å². The highest BCUT2D eigenvalue weighted by Crippen LogP contribution is 2.25. The lowest BCUT2D eigenvalue weighted by molar-refractivity contribution is -0.113. The summed E-state index contributed by atoms with van der Waals surface area (Å²) < 4.78 is 7.19. The second-order valence-corrected chi connectivity index (χ2v) is 8.44. The van der Waals surface area contributed by atoms with Gasteiger partial charge in [-0.05, 0) is 68.0 Å². The Hall–Kier alpha value is -3.00. The van der Waals surface area contributed by atoms with Gasteiger partial charge >= 0.3 is 0 Å². The number of thioether (sulfide) groups is 1. The second kappa shape index (κ2) is 8.79. The van der Waals surface area contributed by atoms with E-state index in [1.165, 1.54) is 39.5 Å². The number of anilines is 1. The Kier molecular flexibility index (Phi) is 5.94. The number of nitrogens with zero attached hydrogens (tertiary/aromatic N) is 3. The molecule has 1 aliphatic rings. The first-order valence-corrected chi connectivity index (χ1v) is 10.9. The van der Waals surface area contributed by atoms with E-state index >= 15 is 0 Å². The van der Waals surface area contributed by atoms with Crippen LogP contribution in [0.25, 0.3) is 0 Å². The van der Waals surface area contributed by atoms with Crippen LogP contribution in [0.4, 0.5) is 5.69 Å². The fourth-order valence-corrected chi connectivity index (χ4v) is 4.26. The Morgan fingerprint density at radius 3 is 2.83 bits per heavy atom. The predicted molar refractivity (Wildman–Crippen MR) is 118 cm³/mol. The predicted octanol–water partition coefficient (Wildman–Crippen LogP) is 3.41. The summed E-state index contributed by atoms with van der Waals surface area (Å²) >= 11 is 1.24. The molecule has 3 aromatic rings. The lowest BCUT2D eigenvalue weighted by Crippen LogP contribution is -2.18. The van der Waals surface area contributed by atoms with Crippen LogP contribution in [0.2, 0.25) is 0 Å². The average molecular weight is 424 g/mol. The van der Waals surface area contributed by atoms with Crippen LogP contribution >= 0.6 is 11.8 Å². The minimum atomic E-state index is -0.103. The molecular formula is C22H25N5O2S. The fourth-order valence-electron chi connectivity index (χ4n) is 3.58. The summed E-state index contributed by atoms with van der Waals surface area (Å²) in [6.45, 7) is 4.24. The molecule has 156 valence electrons. The van der Waals surface area contributed by atoms with Gasteiger partial charge in [-0.15, -0.1) is 10.2 Å². The lowest BCUT2D eigenvalue weighted by atomic mass is 10.1. The first-order chi connectivity index (χ1) is 14.5. The summed E-state index contributed by atoms with van der Waals surface area (Å²) in [7, 11) is 0. The second-order valence-electron chi connectivity index (χ2n) is 7.50. The number of nitrogens with one attached hydrogen (secondary N) is 1. The van der Waals surface area contributed by atoms with Crippen molar-refractivity contribution < 1.29 is 9.53 Å². The zero-order valence-corrected chi connectivity index (χ0v) is 18.0. The molecule has 0 fully saturated rings. The van der Waals surface area contributed by atoms with E-state index in [4.69, 9.17) is 10.6 Å². The van der Waals surface area contributed by atoms with Crippen LogP contribution < -0.4 is 15.9 Å². The van der Waals surface area contributed by atoms with Crippen molar-refractivity contribution in [1.29, 1.82) is 0 Å². The number of rotatable bonds is 7. The van der Waals surface area contributed by atoms with Crippen LogP contribution in [-0.4, -0.2) is 26.5 Å². The monoisotopic (exact) mass is 423 g/mol. The molecule has 1 aliphatic carbocycles. The first kappa shape index (κ1) is 20.3. The Bertz CT molecular complexity index is 1080. The van der Waals surface area contributed by atoms with Gasteiger partial charge < -0.3 is 15.9 Å². The molecule has 0 unspecified atom stereocenters. The Balaban J connectivity index is 1.31.